The Bertz CT molecular complexity index is 849. The fourth-order valence-corrected chi connectivity index (χ4v) is 4.23. The molecular weight excluding hydrogens is 420 g/mol. The Morgan fingerprint density at radius 1 is 1.24 bits per heavy atom. The summed E-state index contributed by atoms with van der Waals surface area (Å²) in [5.74, 6) is 1.18. The SMILES string of the molecule is CC(C)COC(=O)CN1Cc2cc(OCCCC(=O)N(C)C3CCCCC3)ccc2N=C1N. The summed E-state index contributed by atoms with van der Waals surface area (Å²) in [5.41, 5.74) is 7.75. The van der Waals surface area contributed by atoms with Crippen LogP contribution in [0.5, 0.6) is 5.75 Å². The summed E-state index contributed by atoms with van der Waals surface area (Å²) in [6, 6.07) is 6.05. The van der Waals surface area contributed by atoms with Crippen molar-refractivity contribution in [3.63, 3.8) is 0 Å². The van der Waals surface area contributed by atoms with Gasteiger partial charge in [0.25, 0.3) is 0 Å². The molecule has 2 N–H and O–H groups in total. The summed E-state index contributed by atoms with van der Waals surface area (Å²) >= 11 is 0. The molecule has 1 aromatic carbocycles. The van der Waals surface area contributed by atoms with Crippen LogP contribution in [0.25, 0.3) is 0 Å². The summed E-state index contributed by atoms with van der Waals surface area (Å²) in [6.07, 6.45) is 7.12. The molecule has 1 aromatic rings. The number of guanidine groups is 1. The summed E-state index contributed by atoms with van der Waals surface area (Å²) in [7, 11) is 1.93. The molecule has 8 heteroatoms. The third kappa shape index (κ3) is 7.37. The number of amides is 1. The molecule has 0 atom stereocenters. The van der Waals surface area contributed by atoms with Crippen LogP contribution >= 0.6 is 0 Å². The lowest BCUT2D eigenvalue weighted by Gasteiger charge is -2.31. The lowest BCUT2D eigenvalue weighted by Crippen LogP contribution is -2.42. The molecule has 3 rings (SSSR count). The number of ether oxygens (including phenoxy) is 2. The molecule has 0 spiro atoms. The standard InChI is InChI=1S/C25H38N4O4/c1-18(2)17-33-24(31)16-29-15-19-14-21(11-12-22(19)27-25(29)26)32-13-7-10-23(30)28(3)20-8-5-4-6-9-20/h11-12,14,18,20H,4-10,13,15-17H2,1-3H3,(H2,26,27). The summed E-state index contributed by atoms with van der Waals surface area (Å²) in [5, 5.41) is 0. The van der Waals surface area contributed by atoms with E-state index in [1.807, 2.05) is 44.0 Å². The molecule has 1 fully saturated rings. The molecule has 0 unspecified atom stereocenters. The fraction of sp³-hybridized carbons (Fsp3) is 0.640. The van der Waals surface area contributed by atoms with E-state index < -0.39 is 0 Å². The first-order chi connectivity index (χ1) is 15.8. The number of aliphatic imine (C=N–C) groups is 1. The molecule has 0 saturated heterocycles. The van der Waals surface area contributed by atoms with Crippen LogP contribution in [0.2, 0.25) is 0 Å². The largest absolute Gasteiger partial charge is 0.494 e. The normalized spacial score (nSPS) is 16.2. The van der Waals surface area contributed by atoms with Gasteiger partial charge in [0.1, 0.15) is 12.3 Å². The Hall–Kier alpha value is -2.77. The van der Waals surface area contributed by atoms with Crippen LogP contribution < -0.4 is 10.5 Å². The average molecular weight is 459 g/mol. The van der Waals surface area contributed by atoms with Gasteiger partial charge in [-0.05, 0) is 43.4 Å². The smallest absolute Gasteiger partial charge is 0.325 e. The zero-order valence-corrected chi connectivity index (χ0v) is 20.2. The number of hydrogen-bond acceptors (Lipinski definition) is 7. The number of nitrogens with two attached hydrogens (primary N) is 1. The molecular formula is C25H38N4O4. The third-order valence-electron chi connectivity index (χ3n) is 6.19. The molecule has 1 aliphatic heterocycles. The Kier molecular flexibility index (Phi) is 8.97. The van der Waals surface area contributed by atoms with E-state index in [0.29, 0.717) is 44.6 Å². The van der Waals surface area contributed by atoms with E-state index in [-0.39, 0.29) is 24.3 Å². The fourth-order valence-electron chi connectivity index (χ4n) is 4.23. The molecule has 2 aliphatic rings. The van der Waals surface area contributed by atoms with Gasteiger partial charge in [0.05, 0.1) is 18.9 Å². The van der Waals surface area contributed by atoms with Gasteiger partial charge in [0.2, 0.25) is 5.91 Å². The van der Waals surface area contributed by atoms with Crippen molar-refractivity contribution in [1.82, 2.24) is 9.80 Å². The van der Waals surface area contributed by atoms with E-state index in [1.165, 1.54) is 19.3 Å². The molecule has 1 heterocycles. The highest BCUT2D eigenvalue weighted by Gasteiger charge is 2.23. The van der Waals surface area contributed by atoms with Crippen LogP contribution in [0.15, 0.2) is 23.2 Å². The minimum Gasteiger partial charge on any atom is -0.494 e. The molecule has 8 nitrogen and oxygen atoms in total. The van der Waals surface area contributed by atoms with Gasteiger partial charge in [0.15, 0.2) is 5.96 Å². The quantitative estimate of drug-likeness (QED) is 0.425. The number of carbonyl (C=O) groups excluding carboxylic acids is 2. The van der Waals surface area contributed by atoms with Crippen molar-refractivity contribution in [3.8, 4) is 5.75 Å². The highest BCUT2D eigenvalue weighted by Crippen LogP contribution is 2.29. The number of benzene rings is 1. The Balaban J connectivity index is 1.46. The molecule has 1 aliphatic carbocycles. The number of rotatable bonds is 10. The number of fused-ring (bicyclic) bond motifs is 1. The predicted molar refractivity (Wildman–Crippen MR) is 128 cm³/mol. The lowest BCUT2D eigenvalue weighted by atomic mass is 9.94. The second kappa shape index (κ2) is 11.9. The Morgan fingerprint density at radius 2 is 2.00 bits per heavy atom. The first-order valence-electron chi connectivity index (χ1n) is 12.1. The van der Waals surface area contributed by atoms with Crippen molar-refractivity contribution in [2.75, 3.05) is 26.8 Å². The van der Waals surface area contributed by atoms with Gasteiger partial charge in [-0.2, -0.15) is 0 Å². The van der Waals surface area contributed by atoms with Gasteiger partial charge >= 0.3 is 5.97 Å². The first-order valence-corrected chi connectivity index (χ1v) is 12.1. The van der Waals surface area contributed by atoms with Crippen LogP contribution in [0, 0.1) is 5.92 Å². The number of carbonyl (C=O) groups is 2. The Morgan fingerprint density at radius 3 is 2.73 bits per heavy atom. The molecule has 1 amide bonds. The van der Waals surface area contributed by atoms with Crippen LogP contribution in [-0.2, 0) is 20.9 Å². The van der Waals surface area contributed by atoms with Crippen molar-refractivity contribution in [2.24, 2.45) is 16.6 Å². The minimum absolute atomic E-state index is 0.0587. The van der Waals surface area contributed by atoms with Gasteiger partial charge in [-0.25, -0.2) is 4.99 Å². The van der Waals surface area contributed by atoms with Gasteiger partial charge in [-0.3, -0.25) is 9.59 Å². The number of esters is 1. The predicted octanol–water partition coefficient (Wildman–Crippen LogP) is 3.60. The van der Waals surface area contributed by atoms with Crippen LogP contribution in [0.1, 0.15) is 64.4 Å². The van der Waals surface area contributed by atoms with E-state index in [9.17, 15) is 9.59 Å². The van der Waals surface area contributed by atoms with Crippen molar-refractivity contribution in [3.05, 3.63) is 23.8 Å². The van der Waals surface area contributed by atoms with Crippen molar-refractivity contribution in [2.45, 2.75) is 71.4 Å². The maximum atomic E-state index is 12.5. The minimum atomic E-state index is -0.319. The number of nitrogens with zero attached hydrogens (tertiary/aromatic N) is 3. The molecule has 33 heavy (non-hydrogen) atoms. The Labute approximate surface area is 197 Å². The van der Waals surface area contributed by atoms with E-state index in [0.717, 1.165) is 29.8 Å². The summed E-state index contributed by atoms with van der Waals surface area (Å²) in [4.78, 5) is 32.6. The second-order valence-corrected chi connectivity index (χ2v) is 9.44. The molecule has 0 radical (unpaired) electrons. The molecule has 0 bridgehead atoms. The monoisotopic (exact) mass is 458 g/mol. The van der Waals surface area contributed by atoms with E-state index in [4.69, 9.17) is 15.2 Å². The van der Waals surface area contributed by atoms with E-state index >= 15 is 0 Å². The van der Waals surface area contributed by atoms with Crippen molar-refractivity contribution >= 4 is 23.5 Å². The molecule has 182 valence electrons. The second-order valence-electron chi connectivity index (χ2n) is 9.44. The van der Waals surface area contributed by atoms with Crippen LogP contribution in [0.3, 0.4) is 0 Å². The zero-order valence-electron chi connectivity index (χ0n) is 20.2. The number of hydrogen-bond donors (Lipinski definition) is 1. The highest BCUT2D eigenvalue weighted by atomic mass is 16.5. The molecule has 1 saturated carbocycles. The average Bonchev–Trinajstić information content (AvgIpc) is 2.81. The van der Waals surface area contributed by atoms with E-state index in [2.05, 4.69) is 4.99 Å². The van der Waals surface area contributed by atoms with Crippen LogP contribution in [-0.4, -0.2) is 60.5 Å². The maximum Gasteiger partial charge on any atom is 0.325 e. The van der Waals surface area contributed by atoms with Crippen molar-refractivity contribution in [1.29, 1.82) is 0 Å². The van der Waals surface area contributed by atoms with Crippen molar-refractivity contribution < 1.29 is 19.1 Å². The topological polar surface area (TPSA) is 97.5 Å². The lowest BCUT2D eigenvalue weighted by molar-refractivity contribution is -0.145. The summed E-state index contributed by atoms with van der Waals surface area (Å²) in [6.45, 7) is 5.36. The highest BCUT2D eigenvalue weighted by molar-refractivity contribution is 5.87. The van der Waals surface area contributed by atoms with Gasteiger partial charge in [0, 0.05) is 31.6 Å². The van der Waals surface area contributed by atoms with E-state index in [1.54, 1.807) is 4.90 Å². The van der Waals surface area contributed by atoms with Gasteiger partial charge in [-0.15, -0.1) is 0 Å². The first kappa shape index (κ1) is 24.9. The maximum absolute atomic E-state index is 12.5. The zero-order chi connectivity index (χ0) is 23.8. The summed E-state index contributed by atoms with van der Waals surface area (Å²) < 4.78 is 11.2. The van der Waals surface area contributed by atoms with Crippen LogP contribution in [0.4, 0.5) is 5.69 Å². The van der Waals surface area contributed by atoms with Gasteiger partial charge in [-0.1, -0.05) is 33.1 Å². The molecule has 0 aromatic heterocycles. The third-order valence-corrected chi connectivity index (χ3v) is 6.19. The van der Waals surface area contributed by atoms with Gasteiger partial charge < -0.3 is 25.0 Å².